The van der Waals surface area contributed by atoms with Crippen LogP contribution in [0.25, 0.3) is 0 Å². The molecule has 2 aromatic carbocycles. The highest BCUT2D eigenvalue weighted by molar-refractivity contribution is 6.30. The predicted octanol–water partition coefficient (Wildman–Crippen LogP) is 6.66. The fourth-order valence-corrected chi connectivity index (χ4v) is 4.07. The van der Waals surface area contributed by atoms with Gasteiger partial charge in [0.1, 0.15) is 24.0 Å². The lowest BCUT2D eigenvalue weighted by molar-refractivity contribution is -0.224. The molecule has 31 heavy (non-hydrogen) atoms. The van der Waals surface area contributed by atoms with E-state index in [4.69, 9.17) is 49.0 Å². The summed E-state index contributed by atoms with van der Waals surface area (Å²) in [6.45, 7) is 0.443. The van der Waals surface area contributed by atoms with Crippen LogP contribution in [0.15, 0.2) is 67.3 Å². The molecule has 0 amide bonds. The lowest BCUT2D eigenvalue weighted by Gasteiger charge is -2.34. The maximum atomic E-state index is 6.77. The molecule has 1 aliphatic heterocycles. The van der Waals surface area contributed by atoms with Gasteiger partial charge in [-0.15, -0.1) is 0 Å². The van der Waals surface area contributed by atoms with E-state index in [0.29, 0.717) is 16.7 Å². The fourth-order valence-electron chi connectivity index (χ4n) is 3.50. The highest BCUT2D eigenvalue weighted by atomic mass is 35.5. The molecule has 8 heteroatoms. The fraction of sp³-hybridized carbons (Fsp3) is 0.348. The normalized spacial score (nSPS) is 20.9. The first-order valence-corrected chi connectivity index (χ1v) is 11.3. The summed E-state index contributed by atoms with van der Waals surface area (Å²) < 4.78 is 20.3. The molecule has 4 rings (SSSR count). The van der Waals surface area contributed by atoms with E-state index in [-0.39, 0.29) is 6.10 Å². The zero-order chi connectivity index (χ0) is 21.6. The molecule has 164 valence electrons. The quantitative estimate of drug-likeness (QED) is 0.337. The second-order valence-corrected chi connectivity index (χ2v) is 8.69. The van der Waals surface area contributed by atoms with Crippen LogP contribution in [0.4, 0.5) is 0 Å². The van der Waals surface area contributed by atoms with E-state index in [2.05, 4.69) is 4.98 Å². The van der Waals surface area contributed by atoms with Gasteiger partial charge in [-0.05, 0) is 61.2 Å². The molecule has 0 saturated carbocycles. The van der Waals surface area contributed by atoms with Crippen LogP contribution in [0.1, 0.15) is 36.4 Å². The summed E-state index contributed by atoms with van der Waals surface area (Å²) in [6.07, 6.45) is 6.96. The number of benzene rings is 2. The van der Waals surface area contributed by atoms with Crippen LogP contribution in [0, 0.1) is 0 Å². The summed E-state index contributed by atoms with van der Waals surface area (Å²) in [5.41, 5.74) is 0.430. The third-order valence-corrected chi connectivity index (χ3v) is 6.07. The second-order valence-electron chi connectivity index (χ2n) is 7.37. The van der Waals surface area contributed by atoms with Gasteiger partial charge in [0.05, 0.1) is 12.4 Å². The van der Waals surface area contributed by atoms with E-state index < -0.39 is 17.9 Å². The Morgan fingerprint density at radius 3 is 2.42 bits per heavy atom. The van der Waals surface area contributed by atoms with Gasteiger partial charge in [-0.3, -0.25) is 0 Å². The van der Waals surface area contributed by atoms with Crippen molar-refractivity contribution < 1.29 is 14.2 Å². The van der Waals surface area contributed by atoms with E-state index in [0.717, 1.165) is 30.6 Å². The van der Waals surface area contributed by atoms with Crippen LogP contribution in [-0.2, 0) is 9.47 Å². The molecule has 4 atom stereocenters. The molecule has 3 aromatic rings. The Morgan fingerprint density at radius 1 is 1.03 bits per heavy atom. The number of imidazole rings is 1. The number of alkyl halides is 1. The van der Waals surface area contributed by atoms with Crippen molar-refractivity contribution in [3.8, 4) is 5.75 Å². The highest BCUT2D eigenvalue weighted by Gasteiger charge is 2.31. The molecule has 0 bridgehead atoms. The molecule has 0 radical (unpaired) electrons. The third-order valence-electron chi connectivity index (χ3n) is 5.12. The van der Waals surface area contributed by atoms with Crippen molar-refractivity contribution in [3.63, 3.8) is 0 Å². The first kappa shape index (κ1) is 22.4. The monoisotopic (exact) mass is 480 g/mol. The molecule has 2 heterocycles. The average Bonchev–Trinajstić information content (AvgIpc) is 3.33. The molecule has 1 aromatic heterocycles. The van der Waals surface area contributed by atoms with Crippen molar-refractivity contribution in [1.29, 1.82) is 0 Å². The first-order valence-electron chi connectivity index (χ1n) is 10.1. The van der Waals surface area contributed by atoms with Gasteiger partial charge in [-0.25, -0.2) is 4.98 Å². The van der Waals surface area contributed by atoms with Gasteiger partial charge in [0.2, 0.25) is 0 Å². The Balaban J connectivity index is 1.42. The van der Waals surface area contributed by atoms with Crippen molar-refractivity contribution in [3.05, 3.63) is 82.9 Å². The zero-order valence-electron chi connectivity index (χ0n) is 16.7. The summed E-state index contributed by atoms with van der Waals surface area (Å²) in [5.74, 6) is 0.760. The summed E-state index contributed by atoms with van der Waals surface area (Å²) in [7, 11) is 0. The minimum atomic E-state index is -0.488. The van der Waals surface area contributed by atoms with Gasteiger partial charge < -0.3 is 18.8 Å². The molecular formula is C23H23Cl3N2O3. The summed E-state index contributed by atoms with van der Waals surface area (Å²) in [4.78, 5) is 4.10. The van der Waals surface area contributed by atoms with Crippen molar-refractivity contribution in [2.24, 2.45) is 0 Å². The predicted molar refractivity (Wildman–Crippen MR) is 122 cm³/mol. The van der Waals surface area contributed by atoms with E-state index in [9.17, 15) is 0 Å². The van der Waals surface area contributed by atoms with Crippen molar-refractivity contribution >= 4 is 34.8 Å². The Kier molecular flexibility index (Phi) is 7.75. The zero-order valence-corrected chi connectivity index (χ0v) is 19.0. The molecule has 0 spiro atoms. The minimum absolute atomic E-state index is 0.0673. The molecule has 0 aliphatic carbocycles. The Labute approximate surface area is 196 Å². The van der Waals surface area contributed by atoms with Crippen LogP contribution in [0.5, 0.6) is 5.75 Å². The van der Waals surface area contributed by atoms with E-state index >= 15 is 0 Å². The number of hydrogen-bond acceptors (Lipinski definition) is 4. The van der Waals surface area contributed by atoms with Gasteiger partial charge in [0.15, 0.2) is 6.29 Å². The Bertz CT molecular complexity index is 936. The van der Waals surface area contributed by atoms with Crippen LogP contribution >= 0.6 is 34.8 Å². The lowest BCUT2D eigenvalue weighted by atomic mass is 10.1. The molecule has 1 fully saturated rings. The van der Waals surface area contributed by atoms with Crippen LogP contribution in [-0.4, -0.2) is 28.6 Å². The molecular weight excluding hydrogens is 459 g/mol. The maximum absolute atomic E-state index is 6.77. The van der Waals surface area contributed by atoms with Gasteiger partial charge >= 0.3 is 0 Å². The lowest BCUT2D eigenvalue weighted by Crippen LogP contribution is -2.35. The number of aromatic nitrogens is 2. The first-order chi connectivity index (χ1) is 15.1. The minimum Gasteiger partial charge on any atom is -0.491 e. The average molecular weight is 482 g/mol. The van der Waals surface area contributed by atoms with Gasteiger partial charge in [-0.2, -0.15) is 0 Å². The topological polar surface area (TPSA) is 45.5 Å². The number of nitrogens with zero attached hydrogens (tertiary/aromatic N) is 2. The number of hydrogen-bond donors (Lipinski definition) is 0. The Morgan fingerprint density at radius 2 is 1.74 bits per heavy atom. The second kappa shape index (κ2) is 10.7. The molecule has 4 unspecified atom stereocenters. The number of ether oxygens (including phenoxy) is 3. The maximum Gasteiger partial charge on any atom is 0.159 e. The Hall–Kier alpha value is -1.76. The van der Waals surface area contributed by atoms with E-state index in [1.165, 1.54) is 0 Å². The molecule has 1 aliphatic rings. The SMILES string of the molecule is Clc1ccc(OCC2CCCC(OC(c3ccc(Cl)cc3)C(Cl)n3ccnc3)O2)cc1. The standard InChI is InChI=1S/C23H23Cl3N2O3/c24-17-6-4-16(5-7-17)22(23(26)28-13-12-27-15-28)31-21-3-1-2-20(30-21)14-29-19-10-8-18(25)9-11-19/h4-13,15,20-23H,1-3,14H2. The van der Waals surface area contributed by atoms with Crippen molar-refractivity contribution in [2.75, 3.05) is 6.61 Å². The smallest absolute Gasteiger partial charge is 0.159 e. The summed E-state index contributed by atoms with van der Waals surface area (Å²) in [6, 6.07) is 14.8. The highest BCUT2D eigenvalue weighted by Crippen LogP contribution is 2.37. The van der Waals surface area contributed by atoms with Crippen LogP contribution in [0.2, 0.25) is 10.0 Å². The van der Waals surface area contributed by atoms with E-state index in [1.54, 1.807) is 24.7 Å². The largest absolute Gasteiger partial charge is 0.491 e. The van der Waals surface area contributed by atoms with Crippen LogP contribution < -0.4 is 4.74 Å². The van der Waals surface area contributed by atoms with E-state index in [1.807, 2.05) is 47.2 Å². The van der Waals surface area contributed by atoms with Crippen LogP contribution in [0.3, 0.4) is 0 Å². The van der Waals surface area contributed by atoms with Gasteiger partial charge in [0, 0.05) is 22.4 Å². The number of halogens is 3. The van der Waals surface area contributed by atoms with Gasteiger partial charge in [0.25, 0.3) is 0 Å². The third kappa shape index (κ3) is 6.15. The molecule has 5 nitrogen and oxygen atoms in total. The summed E-state index contributed by atoms with van der Waals surface area (Å²) in [5, 5.41) is 1.33. The summed E-state index contributed by atoms with van der Waals surface area (Å²) >= 11 is 18.8. The van der Waals surface area contributed by atoms with Gasteiger partial charge in [-0.1, -0.05) is 46.9 Å². The molecule has 0 N–H and O–H groups in total. The van der Waals surface area contributed by atoms with Crippen molar-refractivity contribution in [1.82, 2.24) is 9.55 Å². The number of rotatable bonds is 8. The van der Waals surface area contributed by atoms with Crippen molar-refractivity contribution in [2.45, 2.75) is 43.3 Å². The molecule has 1 saturated heterocycles.